The van der Waals surface area contributed by atoms with Gasteiger partial charge in [-0.3, -0.25) is 4.79 Å². The second kappa shape index (κ2) is 6.49. The van der Waals surface area contributed by atoms with Crippen LogP contribution < -0.4 is 5.32 Å². The van der Waals surface area contributed by atoms with E-state index >= 15 is 0 Å². The van der Waals surface area contributed by atoms with Crippen LogP contribution >= 0.6 is 0 Å². The lowest BCUT2D eigenvalue weighted by molar-refractivity contribution is 0.0960. The highest BCUT2D eigenvalue weighted by Crippen LogP contribution is 2.47. The van der Waals surface area contributed by atoms with E-state index in [4.69, 9.17) is 4.98 Å². The van der Waals surface area contributed by atoms with Gasteiger partial charge in [-0.2, -0.15) is 0 Å². The lowest BCUT2D eigenvalue weighted by Gasteiger charge is -2.22. The Labute approximate surface area is 155 Å². The van der Waals surface area contributed by atoms with Crippen molar-refractivity contribution in [2.24, 2.45) is 17.8 Å². The van der Waals surface area contributed by atoms with Gasteiger partial charge in [0.15, 0.2) is 5.78 Å². The second-order valence-corrected chi connectivity index (χ2v) is 8.66. The first-order valence-corrected chi connectivity index (χ1v) is 10.5. The predicted octanol–water partition coefficient (Wildman–Crippen LogP) is 4.21. The molecule has 0 bridgehead atoms. The molecule has 2 aliphatic carbocycles. The first-order chi connectivity index (χ1) is 12.7. The average Bonchev–Trinajstić information content (AvgIpc) is 3.59. The molecule has 3 aliphatic rings. The number of Topliss-reactive ketones (excluding diaryl/α,β-unsaturated/α-hetero) is 1. The average molecular weight is 351 g/mol. The quantitative estimate of drug-likeness (QED) is 0.767. The molecule has 5 rings (SSSR count). The number of aromatic nitrogens is 2. The molecule has 0 radical (unpaired) electrons. The number of carbonyl (C=O) groups excluding carboxylic acids is 1. The topological polar surface area (TPSA) is 57.8 Å². The smallest absolute Gasteiger partial charge is 0.168 e. The van der Waals surface area contributed by atoms with Gasteiger partial charge < -0.3 is 10.3 Å². The van der Waals surface area contributed by atoms with Crippen molar-refractivity contribution in [2.75, 3.05) is 13.1 Å². The zero-order chi connectivity index (χ0) is 17.7. The molecule has 138 valence electrons. The Hall–Kier alpha value is -1.68. The predicted molar refractivity (Wildman–Crippen MR) is 104 cm³/mol. The summed E-state index contributed by atoms with van der Waals surface area (Å²) in [5, 5.41) is 3.50. The molecule has 0 amide bonds. The molecule has 4 nitrogen and oxygen atoms in total. The molecule has 3 atom stereocenters. The van der Waals surface area contributed by atoms with Crippen LogP contribution in [-0.2, 0) is 6.42 Å². The van der Waals surface area contributed by atoms with Crippen molar-refractivity contribution in [3.8, 4) is 0 Å². The molecule has 3 fully saturated rings. The van der Waals surface area contributed by atoms with Gasteiger partial charge in [0.25, 0.3) is 0 Å². The summed E-state index contributed by atoms with van der Waals surface area (Å²) < 4.78 is 0. The van der Waals surface area contributed by atoms with E-state index in [2.05, 4.69) is 29.4 Å². The highest BCUT2D eigenvalue weighted by molar-refractivity contribution is 6.09. The number of aromatic amines is 1. The van der Waals surface area contributed by atoms with Crippen LogP contribution in [0, 0.1) is 17.8 Å². The second-order valence-electron chi connectivity index (χ2n) is 8.66. The van der Waals surface area contributed by atoms with E-state index in [-0.39, 0.29) is 5.92 Å². The van der Waals surface area contributed by atoms with Gasteiger partial charge in [0.1, 0.15) is 5.82 Å². The molecule has 1 aromatic heterocycles. The fourth-order valence-electron chi connectivity index (χ4n) is 4.79. The largest absolute Gasteiger partial charge is 0.341 e. The molecule has 1 aromatic carbocycles. The summed E-state index contributed by atoms with van der Waals surface area (Å²) >= 11 is 0. The van der Waals surface area contributed by atoms with Gasteiger partial charge in [0.2, 0.25) is 0 Å². The fraction of sp³-hybridized carbons (Fsp3) is 0.636. The van der Waals surface area contributed by atoms with Crippen LogP contribution in [0.1, 0.15) is 73.1 Å². The fourth-order valence-corrected chi connectivity index (χ4v) is 4.79. The minimum absolute atomic E-state index is 0.236. The van der Waals surface area contributed by atoms with Crippen LogP contribution in [0.15, 0.2) is 12.1 Å². The Bertz CT molecular complexity index is 829. The van der Waals surface area contributed by atoms with E-state index in [0.29, 0.717) is 17.6 Å². The molecule has 26 heavy (non-hydrogen) atoms. The Kier molecular flexibility index (Phi) is 4.11. The van der Waals surface area contributed by atoms with Gasteiger partial charge >= 0.3 is 0 Å². The molecular weight excluding hydrogens is 322 g/mol. The number of nitrogens with zero attached hydrogens (tertiary/aromatic N) is 1. The zero-order valence-electron chi connectivity index (χ0n) is 15.7. The summed E-state index contributed by atoms with van der Waals surface area (Å²) in [7, 11) is 0. The molecule has 1 saturated heterocycles. The lowest BCUT2D eigenvalue weighted by atomic mass is 9.92. The third-order valence-corrected chi connectivity index (χ3v) is 6.65. The molecule has 3 unspecified atom stereocenters. The molecule has 2 aromatic rings. The molecule has 2 saturated carbocycles. The minimum Gasteiger partial charge on any atom is -0.341 e. The van der Waals surface area contributed by atoms with Crippen molar-refractivity contribution >= 4 is 16.8 Å². The summed E-state index contributed by atoms with van der Waals surface area (Å²) in [4.78, 5) is 21.6. The number of piperidine rings is 1. The van der Waals surface area contributed by atoms with Crippen LogP contribution in [0.2, 0.25) is 0 Å². The van der Waals surface area contributed by atoms with E-state index < -0.39 is 0 Å². The zero-order valence-corrected chi connectivity index (χ0v) is 15.7. The highest BCUT2D eigenvalue weighted by atomic mass is 16.1. The van der Waals surface area contributed by atoms with Crippen molar-refractivity contribution in [2.45, 2.75) is 57.8 Å². The van der Waals surface area contributed by atoms with Gasteiger partial charge in [-0.05, 0) is 81.5 Å². The van der Waals surface area contributed by atoms with E-state index in [1.165, 1.54) is 37.7 Å². The maximum Gasteiger partial charge on any atom is 0.168 e. The monoisotopic (exact) mass is 351 g/mol. The maximum absolute atomic E-state index is 13.2. The SMILES string of the molecule is CCc1ccc(C(=O)C2CC2CC2CCCNC2)c2[nH]c(C3CC3)nc12. The third kappa shape index (κ3) is 2.98. The number of H-pyrrole nitrogens is 1. The van der Waals surface area contributed by atoms with Gasteiger partial charge in [0, 0.05) is 17.4 Å². The maximum atomic E-state index is 13.2. The molecule has 1 aliphatic heterocycles. The number of imidazole rings is 1. The van der Waals surface area contributed by atoms with Crippen molar-refractivity contribution in [1.29, 1.82) is 0 Å². The van der Waals surface area contributed by atoms with Crippen LogP contribution in [0.5, 0.6) is 0 Å². The number of rotatable bonds is 6. The van der Waals surface area contributed by atoms with Gasteiger partial charge in [-0.15, -0.1) is 0 Å². The highest BCUT2D eigenvalue weighted by Gasteiger charge is 2.44. The Morgan fingerprint density at radius 1 is 1.27 bits per heavy atom. The molecular formula is C22H29N3O. The number of hydrogen-bond acceptors (Lipinski definition) is 3. The summed E-state index contributed by atoms with van der Waals surface area (Å²) in [5.41, 5.74) is 4.17. The summed E-state index contributed by atoms with van der Waals surface area (Å²) in [6, 6.07) is 4.17. The first-order valence-electron chi connectivity index (χ1n) is 10.5. The van der Waals surface area contributed by atoms with Gasteiger partial charge in [-0.1, -0.05) is 13.0 Å². The normalized spacial score (nSPS) is 28.4. The van der Waals surface area contributed by atoms with E-state index in [9.17, 15) is 4.79 Å². The van der Waals surface area contributed by atoms with Crippen LogP contribution in [0.25, 0.3) is 11.0 Å². The number of hydrogen-bond donors (Lipinski definition) is 2. The first kappa shape index (κ1) is 16.5. The standard InChI is InChI=1S/C22H29N3O/c1-2-14-7-8-17(20-19(14)24-22(25-20)15-5-6-15)21(26)18-11-16(18)10-13-4-3-9-23-12-13/h7-8,13,15-16,18,23H,2-6,9-12H2,1H3,(H,24,25). The van der Waals surface area contributed by atoms with Crippen LogP contribution in [0.4, 0.5) is 0 Å². The van der Waals surface area contributed by atoms with Gasteiger partial charge in [0.05, 0.1) is 11.0 Å². The summed E-state index contributed by atoms with van der Waals surface area (Å²) in [6.07, 6.45) is 8.32. The van der Waals surface area contributed by atoms with Crippen molar-refractivity contribution in [3.63, 3.8) is 0 Å². The van der Waals surface area contributed by atoms with Crippen molar-refractivity contribution in [3.05, 3.63) is 29.1 Å². The summed E-state index contributed by atoms with van der Waals surface area (Å²) in [6.45, 7) is 4.46. The Morgan fingerprint density at radius 3 is 2.88 bits per heavy atom. The lowest BCUT2D eigenvalue weighted by Crippen LogP contribution is -2.30. The number of aryl methyl sites for hydroxylation is 1. The number of ketones is 1. The van der Waals surface area contributed by atoms with Crippen molar-refractivity contribution in [1.82, 2.24) is 15.3 Å². The molecule has 4 heteroatoms. The number of fused-ring (bicyclic) bond motifs is 1. The van der Waals surface area contributed by atoms with E-state index in [1.807, 2.05) is 0 Å². The molecule has 2 N–H and O–H groups in total. The number of nitrogens with one attached hydrogen (secondary N) is 2. The third-order valence-electron chi connectivity index (χ3n) is 6.65. The van der Waals surface area contributed by atoms with E-state index in [1.54, 1.807) is 0 Å². The van der Waals surface area contributed by atoms with Crippen molar-refractivity contribution < 1.29 is 4.79 Å². The Balaban J connectivity index is 1.37. The van der Waals surface area contributed by atoms with Gasteiger partial charge in [-0.25, -0.2) is 4.98 Å². The summed E-state index contributed by atoms with van der Waals surface area (Å²) in [5.74, 6) is 3.62. The molecule has 2 heterocycles. The number of benzene rings is 1. The number of carbonyl (C=O) groups is 1. The van der Waals surface area contributed by atoms with E-state index in [0.717, 1.165) is 54.3 Å². The molecule has 0 spiro atoms. The van der Waals surface area contributed by atoms with Crippen LogP contribution in [-0.4, -0.2) is 28.8 Å². The minimum atomic E-state index is 0.236. The Morgan fingerprint density at radius 2 is 2.15 bits per heavy atom. The van der Waals surface area contributed by atoms with Crippen LogP contribution in [0.3, 0.4) is 0 Å².